The van der Waals surface area contributed by atoms with Crippen LogP contribution in [0, 0.1) is 5.41 Å². The minimum Gasteiger partial charge on any atom is -0.506 e. The van der Waals surface area contributed by atoms with Gasteiger partial charge in [0.25, 0.3) is 5.91 Å². The van der Waals surface area contributed by atoms with Crippen molar-refractivity contribution in [2.24, 2.45) is 5.41 Å². The van der Waals surface area contributed by atoms with Crippen molar-refractivity contribution in [3.63, 3.8) is 0 Å². The van der Waals surface area contributed by atoms with Crippen LogP contribution < -0.4 is 5.32 Å². The number of aromatic hydroxyl groups is 1. The molecule has 2 rings (SSSR count). The molecule has 2 unspecified atom stereocenters. The molecule has 1 aliphatic rings. The summed E-state index contributed by atoms with van der Waals surface area (Å²) in [4.78, 5) is 12.1. The van der Waals surface area contributed by atoms with Crippen molar-refractivity contribution in [1.82, 2.24) is 5.32 Å². The molecular weight excluding hydrogens is 266 g/mol. The van der Waals surface area contributed by atoms with E-state index in [1.165, 1.54) is 12.1 Å². The minimum absolute atomic E-state index is 0.0263. The first-order chi connectivity index (χ1) is 8.86. The van der Waals surface area contributed by atoms with E-state index < -0.39 is 0 Å². The summed E-state index contributed by atoms with van der Waals surface area (Å²) in [5, 5.41) is 12.5. The Hall–Kier alpha value is -1.26. The third-order valence-electron chi connectivity index (χ3n) is 3.98. The van der Waals surface area contributed by atoms with Crippen LogP contribution in [0.1, 0.15) is 30.6 Å². The summed E-state index contributed by atoms with van der Waals surface area (Å²) in [5.74, 6) is -0.212. The summed E-state index contributed by atoms with van der Waals surface area (Å²) in [6.45, 7) is 4.14. The maximum atomic E-state index is 12.1. The molecule has 2 atom stereocenters. The highest BCUT2D eigenvalue weighted by molar-refractivity contribution is 6.32. The van der Waals surface area contributed by atoms with Gasteiger partial charge in [-0.1, -0.05) is 25.4 Å². The molecule has 5 heteroatoms. The number of rotatable bonds is 3. The molecule has 2 N–H and O–H groups in total. The topological polar surface area (TPSA) is 58.6 Å². The number of nitrogens with one attached hydrogen (secondary N) is 1. The van der Waals surface area contributed by atoms with E-state index >= 15 is 0 Å². The second kappa shape index (κ2) is 5.02. The number of amides is 1. The SMILES string of the molecule is COC1CC(NC(=O)c2ccc(O)c(Cl)c2)C1(C)C. The average molecular weight is 284 g/mol. The Morgan fingerprint density at radius 1 is 1.53 bits per heavy atom. The molecule has 1 aliphatic carbocycles. The average Bonchev–Trinajstić information content (AvgIpc) is 2.36. The van der Waals surface area contributed by atoms with Crippen molar-refractivity contribution < 1.29 is 14.6 Å². The van der Waals surface area contributed by atoms with E-state index in [2.05, 4.69) is 19.2 Å². The number of halogens is 1. The second-order valence-electron chi connectivity index (χ2n) is 5.47. The summed E-state index contributed by atoms with van der Waals surface area (Å²) in [7, 11) is 1.68. The Kier molecular flexibility index (Phi) is 3.74. The number of carbonyl (C=O) groups excluding carboxylic acids is 1. The normalized spacial score (nSPS) is 24.6. The third kappa shape index (κ3) is 2.55. The largest absolute Gasteiger partial charge is 0.506 e. The predicted octanol–water partition coefficient (Wildman–Crippen LogP) is 2.59. The lowest BCUT2D eigenvalue weighted by Crippen LogP contribution is -2.61. The van der Waals surface area contributed by atoms with Gasteiger partial charge in [-0.3, -0.25) is 4.79 Å². The lowest BCUT2D eigenvalue weighted by molar-refractivity contribution is -0.0942. The van der Waals surface area contributed by atoms with Gasteiger partial charge in [-0.05, 0) is 24.6 Å². The third-order valence-corrected chi connectivity index (χ3v) is 4.28. The molecule has 104 valence electrons. The fourth-order valence-electron chi connectivity index (χ4n) is 2.42. The molecule has 1 aromatic carbocycles. The van der Waals surface area contributed by atoms with Gasteiger partial charge in [0.2, 0.25) is 0 Å². The molecule has 0 aromatic heterocycles. The molecule has 1 aromatic rings. The maximum absolute atomic E-state index is 12.1. The fourth-order valence-corrected chi connectivity index (χ4v) is 2.60. The molecule has 1 fully saturated rings. The zero-order chi connectivity index (χ0) is 14.2. The molecule has 0 aliphatic heterocycles. The quantitative estimate of drug-likeness (QED) is 0.896. The highest BCUT2D eigenvalue weighted by atomic mass is 35.5. The number of phenols is 1. The van der Waals surface area contributed by atoms with Gasteiger partial charge in [-0.25, -0.2) is 0 Å². The summed E-state index contributed by atoms with van der Waals surface area (Å²) in [6, 6.07) is 4.51. The number of phenolic OH excluding ortho intramolecular Hbond substituents is 1. The molecule has 0 radical (unpaired) electrons. The Bertz CT molecular complexity index is 501. The van der Waals surface area contributed by atoms with E-state index in [4.69, 9.17) is 16.3 Å². The Balaban J connectivity index is 2.04. The minimum atomic E-state index is -0.186. The monoisotopic (exact) mass is 283 g/mol. The van der Waals surface area contributed by atoms with Crippen molar-refractivity contribution >= 4 is 17.5 Å². The van der Waals surface area contributed by atoms with E-state index in [9.17, 15) is 9.90 Å². The molecular formula is C14H18ClNO3. The van der Waals surface area contributed by atoms with Gasteiger partial charge >= 0.3 is 0 Å². The summed E-state index contributed by atoms with van der Waals surface area (Å²) in [5.41, 5.74) is 0.366. The van der Waals surface area contributed by atoms with Crippen molar-refractivity contribution in [3.05, 3.63) is 28.8 Å². The molecule has 0 heterocycles. The van der Waals surface area contributed by atoms with Gasteiger partial charge in [0, 0.05) is 24.1 Å². The second-order valence-corrected chi connectivity index (χ2v) is 5.88. The van der Waals surface area contributed by atoms with E-state index in [1.807, 2.05) is 0 Å². The van der Waals surface area contributed by atoms with Gasteiger partial charge in [-0.2, -0.15) is 0 Å². The molecule has 0 bridgehead atoms. The summed E-state index contributed by atoms with van der Waals surface area (Å²) >= 11 is 5.79. The number of hydrogen-bond donors (Lipinski definition) is 2. The molecule has 0 saturated heterocycles. The highest BCUT2D eigenvalue weighted by Gasteiger charge is 2.49. The van der Waals surface area contributed by atoms with E-state index in [0.29, 0.717) is 5.56 Å². The van der Waals surface area contributed by atoms with Crippen LogP contribution in [0.3, 0.4) is 0 Å². The lowest BCUT2D eigenvalue weighted by atomic mass is 9.64. The molecule has 1 saturated carbocycles. The zero-order valence-electron chi connectivity index (χ0n) is 11.2. The fraction of sp³-hybridized carbons (Fsp3) is 0.500. The van der Waals surface area contributed by atoms with E-state index in [1.54, 1.807) is 13.2 Å². The number of hydrogen-bond acceptors (Lipinski definition) is 3. The van der Waals surface area contributed by atoms with Crippen molar-refractivity contribution in [2.45, 2.75) is 32.4 Å². The number of benzene rings is 1. The van der Waals surface area contributed by atoms with Gasteiger partial charge in [0.05, 0.1) is 11.1 Å². The van der Waals surface area contributed by atoms with Gasteiger partial charge in [0.15, 0.2) is 0 Å². The van der Waals surface area contributed by atoms with Gasteiger partial charge in [0.1, 0.15) is 5.75 Å². The molecule has 19 heavy (non-hydrogen) atoms. The molecule has 0 spiro atoms. The van der Waals surface area contributed by atoms with Crippen LogP contribution in [0.15, 0.2) is 18.2 Å². The Morgan fingerprint density at radius 2 is 2.21 bits per heavy atom. The van der Waals surface area contributed by atoms with Gasteiger partial charge in [-0.15, -0.1) is 0 Å². The molecule has 4 nitrogen and oxygen atoms in total. The van der Waals surface area contributed by atoms with Crippen LogP contribution in [0.2, 0.25) is 5.02 Å². The summed E-state index contributed by atoms with van der Waals surface area (Å²) in [6.07, 6.45) is 0.974. The Labute approximate surface area is 117 Å². The first-order valence-corrected chi connectivity index (χ1v) is 6.56. The predicted molar refractivity (Wildman–Crippen MR) is 73.6 cm³/mol. The van der Waals surface area contributed by atoms with Crippen molar-refractivity contribution in [3.8, 4) is 5.75 Å². The molecule has 1 amide bonds. The van der Waals surface area contributed by atoms with Crippen LogP contribution in [0.4, 0.5) is 0 Å². The zero-order valence-corrected chi connectivity index (χ0v) is 12.0. The van der Waals surface area contributed by atoms with Crippen LogP contribution in [-0.2, 0) is 4.74 Å². The maximum Gasteiger partial charge on any atom is 0.251 e. The van der Waals surface area contributed by atoms with Crippen LogP contribution in [0.5, 0.6) is 5.75 Å². The van der Waals surface area contributed by atoms with Crippen molar-refractivity contribution in [1.29, 1.82) is 0 Å². The van der Waals surface area contributed by atoms with Crippen LogP contribution in [-0.4, -0.2) is 30.3 Å². The number of methoxy groups -OCH3 is 1. The highest BCUT2D eigenvalue weighted by Crippen LogP contribution is 2.42. The van der Waals surface area contributed by atoms with E-state index in [-0.39, 0.29) is 34.2 Å². The van der Waals surface area contributed by atoms with Crippen LogP contribution >= 0.6 is 11.6 Å². The van der Waals surface area contributed by atoms with E-state index in [0.717, 1.165) is 6.42 Å². The first-order valence-electron chi connectivity index (χ1n) is 6.18. The number of carbonyl (C=O) groups is 1. The Morgan fingerprint density at radius 3 is 2.74 bits per heavy atom. The standard InChI is InChI=1S/C14H18ClNO3/c1-14(2)11(7-12(14)19-3)16-13(18)8-4-5-10(17)9(15)6-8/h4-6,11-12,17H,7H2,1-3H3,(H,16,18). The first kappa shape index (κ1) is 14.2. The van der Waals surface area contributed by atoms with Crippen molar-refractivity contribution in [2.75, 3.05) is 7.11 Å². The van der Waals surface area contributed by atoms with Crippen LogP contribution in [0.25, 0.3) is 0 Å². The van der Waals surface area contributed by atoms with Gasteiger partial charge < -0.3 is 15.2 Å². The lowest BCUT2D eigenvalue weighted by Gasteiger charge is -2.51. The smallest absolute Gasteiger partial charge is 0.251 e. The summed E-state index contributed by atoms with van der Waals surface area (Å²) < 4.78 is 5.35. The number of ether oxygens (including phenoxy) is 1.